The molecule has 1 fully saturated rings. The number of carbonyl (C=O) groups excluding carboxylic acids is 1. The summed E-state index contributed by atoms with van der Waals surface area (Å²) in [6.07, 6.45) is 2.27. The molecule has 1 aliphatic carbocycles. The Labute approximate surface area is 121 Å². The Kier molecular flexibility index (Phi) is 5.56. The lowest BCUT2D eigenvalue weighted by Gasteiger charge is -2.23. The highest BCUT2D eigenvalue weighted by atomic mass is 16.5. The zero-order chi connectivity index (χ0) is 14.4. The van der Waals surface area contributed by atoms with Gasteiger partial charge < -0.3 is 15.0 Å². The van der Waals surface area contributed by atoms with Crippen LogP contribution in [-0.2, 0) is 16.1 Å². The third-order valence-corrected chi connectivity index (χ3v) is 3.54. The van der Waals surface area contributed by atoms with Crippen molar-refractivity contribution in [2.75, 3.05) is 26.8 Å². The number of hydrogen-bond acceptors (Lipinski definition) is 3. The predicted octanol–water partition coefficient (Wildman–Crippen LogP) is 1.72. The summed E-state index contributed by atoms with van der Waals surface area (Å²) in [5.74, 6) is 0.184. The maximum Gasteiger partial charge on any atom is 0.237 e. The third-order valence-electron chi connectivity index (χ3n) is 3.54. The summed E-state index contributed by atoms with van der Waals surface area (Å²) in [4.78, 5) is 14.3. The molecule has 1 saturated carbocycles. The van der Waals surface area contributed by atoms with E-state index in [0.29, 0.717) is 25.7 Å². The van der Waals surface area contributed by atoms with Crippen LogP contribution in [0.25, 0.3) is 0 Å². The van der Waals surface area contributed by atoms with Gasteiger partial charge in [-0.25, -0.2) is 0 Å². The van der Waals surface area contributed by atoms with Crippen molar-refractivity contribution in [3.63, 3.8) is 0 Å². The molecule has 0 saturated heterocycles. The first kappa shape index (κ1) is 15.0. The summed E-state index contributed by atoms with van der Waals surface area (Å²) in [7, 11) is 1.66. The van der Waals surface area contributed by atoms with Gasteiger partial charge in [-0.1, -0.05) is 29.8 Å². The van der Waals surface area contributed by atoms with Crippen LogP contribution in [0.4, 0.5) is 0 Å². The van der Waals surface area contributed by atoms with Gasteiger partial charge in [0.05, 0.1) is 13.2 Å². The molecule has 0 atom stereocenters. The zero-order valence-electron chi connectivity index (χ0n) is 12.4. The van der Waals surface area contributed by atoms with Gasteiger partial charge in [-0.3, -0.25) is 4.79 Å². The maximum atomic E-state index is 12.3. The second kappa shape index (κ2) is 7.41. The van der Waals surface area contributed by atoms with Gasteiger partial charge in [0.1, 0.15) is 0 Å². The molecule has 1 aromatic rings. The largest absolute Gasteiger partial charge is 0.383 e. The van der Waals surface area contributed by atoms with Crippen LogP contribution < -0.4 is 5.32 Å². The summed E-state index contributed by atoms with van der Waals surface area (Å²) < 4.78 is 4.96. The van der Waals surface area contributed by atoms with Crippen LogP contribution in [0, 0.1) is 6.92 Å². The molecule has 4 heteroatoms. The molecular formula is C16H24N2O2. The number of nitrogens with one attached hydrogen (secondary N) is 1. The number of carbonyl (C=O) groups is 1. The lowest BCUT2D eigenvalue weighted by atomic mass is 10.1. The van der Waals surface area contributed by atoms with E-state index in [2.05, 4.69) is 36.5 Å². The molecule has 0 unspecified atom stereocenters. The quantitative estimate of drug-likeness (QED) is 0.735. The van der Waals surface area contributed by atoms with Gasteiger partial charge in [0.25, 0.3) is 0 Å². The number of methoxy groups -OCH3 is 1. The van der Waals surface area contributed by atoms with Crippen molar-refractivity contribution in [1.82, 2.24) is 10.2 Å². The van der Waals surface area contributed by atoms with Crippen LogP contribution in [0.1, 0.15) is 24.0 Å². The van der Waals surface area contributed by atoms with Gasteiger partial charge >= 0.3 is 0 Å². The molecule has 110 valence electrons. The summed E-state index contributed by atoms with van der Waals surface area (Å²) in [6, 6.07) is 8.85. The highest BCUT2D eigenvalue weighted by Gasteiger charge is 2.32. The SMILES string of the molecule is COCCNCC(=O)N(Cc1ccc(C)cc1)C1CC1. The number of rotatable bonds is 8. The Morgan fingerprint density at radius 3 is 2.65 bits per heavy atom. The van der Waals surface area contributed by atoms with Crippen LogP contribution >= 0.6 is 0 Å². The predicted molar refractivity (Wildman–Crippen MR) is 79.5 cm³/mol. The first-order chi connectivity index (χ1) is 9.70. The number of benzene rings is 1. The summed E-state index contributed by atoms with van der Waals surface area (Å²) in [5.41, 5.74) is 2.45. The minimum atomic E-state index is 0.184. The number of aryl methyl sites for hydroxylation is 1. The van der Waals surface area contributed by atoms with Crippen molar-refractivity contribution in [2.45, 2.75) is 32.4 Å². The van der Waals surface area contributed by atoms with E-state index in [1.807, 2.05) is 4.90 Å². The van der Waals surface area contributed by atoms with E-state index in [0.717, 1.165) is 19.4 Å². The zero-order valence-corrected chi connectivity index (χ0v) is 12.4. The average Bonchev–Trinajstić information content (AvgIpc) is 3.27. The molecular weight excluding hydrogens is 252 g/mol. The summed E-state index contributed by atoms with van der Waals surface area (Å²) >= 11 is 0. The first-order valence-electron chi connectivity index (χ1n) is 7.25. The van der Waals surface area contributed by atoms with Crippen LogP contribution in [0.5, 0.6) is 0 Å². The smallest absolute Gasteiger partial charge is 0.237 e. The van der Waals surface area contributed by atoms with Crippen molar-refractivity contribution in [2.24, 2.45) is 0 Å². The van der Waals surface area contributed by atoms with Crippen molar-refractivity contribution in [3.8, 4) is 0 Å². The van der Waals surface area contributed by atoms with Crippen molar-refractivity contribution >= 4 is 5.91 Å². The normalized spacial score (nSPS) is 14.3. The second-order valence-corrected chi connectivity index (χ2v) is 5.41. The number of nitrogens with zero attached hydrogens (tertiary/aromatic N) is 1. The Morgan fingerprint density at radius 2 is 2.05 bits per heavy atom. The Bertz CT molecular complexity index is 427. The van der Waals surface area contributed by atoms with E-state index in [4.69, 9.17) is 4.74 Å². The van der Waals surface area contributed by atoms with E-state index >= 15 is 0 Å². The molecule has 0 bridgehead atoms. The van der Waals surface area contributed by atoms with Crippen LogP contribution in [0.3, 0.4) is 0 Å². The molecule has 0 spiro atoms. The van der Waals surface area contributed by atoms with Gasteiger partial charge in [-0.15, -0.1) is 0 Å². The molecule has 0 aliphatic heterocycles. The fourth-order valence-electron chi connectivity index (χ4n) is 2.17. The van der Waals surface area contributed by atoms with Crippen LogP contribution in [0.15, 0.2) is 24.3 Å². The van der Waals surface area contributed by atoms with Gasteiger partial charge in [0.15, 0.2) is 0 Å². The standard InChI is InChI=1S/C16H24N2O2/c1-13-3-5-14(6-4-13)12-18(15-7-8-15)16(19)11-17-9-10-20-2/h3-6,15,17H,7-12H2,1-2H3. The monoisotopic (exact) mass is 276 g/mol. The minimum Gasteiger partial charge on any atom is -0.383 e. The maximum absolute atomic E-state index is 12.3. The summed E-state index contributed by atoms with van der Waals surface area (Å²) in [6.45, 7) is 4.54. The fraction of sp³-hybridized carbons (Fsp3) is 0.562. The van der Waals surface area contributed by atoms with E-state index in [9.17, 15) is 4.79 Å². The molecule has 1 N–H and O–H groups in total. The Morgan fingerprint density at radius 1 is 1.35 bits per heavy atom. The van der Waals surface area contributed by atoms with Gasteiger partial charge in [-0.05, 0) is 25.3 Å². The molecule has 0 aromatic heterocycles. The number of amides is 1. The van der Waals surface area contributed by atoms with Gasteiger partial charge in [-0.2, -0.15) is 0 Å². The second-order valence-electron chi connectivity index (χ2n) is 5.41. The van der Waals surface area contributed by atoms with E-state index in [1.165, 1.54) is 11.1 Å². The Balaban J connectivity index is 1.86. The van der Waals surface area contributed by atoms with Crippen molar-refractivity contribution in [3.05, 3.63) is 35.4 Å². The minimum absolute atomic E-state index is 0.184. The molecule has 20 heavy (non-hydrogen) atoms. The third kappa shape index (κ3) is 4.62. The lowest BCUT2D eigenvalue weighted by molar-refractivity contribution is -0.131. The molecule has 0 radical (unpaired) electrons. The van der Waals surface area contributed by atoms with E-state index in [-0.39, 0.29) is 5.91 Å². The van der Waals surface area contributed by atoms with Crippen molar-refractivity contribution in [1.29, 1.82) is 0 Å². The van der Waals surface area contributed by atoms with E-state index < -0.39 is 0 Å². The fourth-order valence-corrected chi connectivity index (χ4v) is 2.17. The van der Waals surface area contributed by atoms with Crippen LogP contribution in [0.2, 0.25) is 0 Å². The molecule has 1 amide bonds. The molecule has 4 nitrogen and oxygen atoms in total. The summed E-state index contributed by atoms with van der Waals surface area (Å²) in [5, 5.41) is 3.13. The lowest BCUT2D eigenvalue weighted by Crippen LogP contribution is -2.39. The van der Waals surface area contributed by atoms with Crippen LogP contribution in [-0.4, -0.2) is 43.7 Å². The number of ether oxygens (including phenoxy) is 1. The molecule has 1 aromatic carbocycles. The molecule has 2 rings (SSSR count). The van der Waals surface area contributed by atoms with Gasteiger partial charge in [0.2, 0.25) is 5.91 Å². The molecule has 1 aliphatic rings. The average molecular weight is 276 g/mol. The van der Waals surface area contributed by atoms with E-state index in [1.54, 1.807) is 7.11 Å². The highest BCUT2D eigenvalue weighted by Crippen LogP contribution is 2.28. The number of hydrogen-bond donors (Lipinski definition) is 1. The topological polar surface area (TPSA) is 41.6 Å². The van der Waals surface area contributed by atoms with Gasteiger partial charge in [0, 0.05) is 26.2 Å². The highest BCUT2D eigenvalue weighted by molar-refractivity contribution is 5.79. The Hall–Kier alpha value is -1.39. The molecule has 0 heterocycles. The first-order valence-corrected chi connectivity index (χ1v) is 7.25. The van der Waals surface area contributed by atoms with Crippen molar-refractivity contribution < 1.29 is 9.53 Å².